The fourth-order valence-corrected chi connectivity index (χ4v) is 2.50. The SMILES string of the molecule is Cc1cccc(-n2ncc(CNC3CC3)c2C(F)(F)F)c1C. The Hall–Kier alpha value is -1.82. The highest BCUT2D eigenvalue weighted by atomic mass is 19.4. The predicted molar refractivity (Wildman–Crippen MR) is 77.9 cm³/mol. The summed E-state index contributed by atoms with van der Waals surface area (Å²) < 4.78 is 41.6. The molecule has 3 nitrogen and oxygen atoms in total. The van der Waals surface area contributed by atoms with Crippen molar-refractivity contribution in [3.05, 3.63) is 46.8 Å². The van der Waals surface area contributed by atoms with Gasteiger partial charge in [0, 0.05) is 18.2 Å². The summed E-state index contributed by atoms with van der Waals surface area (Å²) in [6.45, 7) is 3.89. The van der Waals surface area contributed by atoms with Crippen molar-refractivity contribution in [3.63, 3.8) is 0 Å². The molecule has 1 fully saturated rings. The van der Waals surface area contributed by atoms with Gasteiger partial charge in [0.25, 0.3) is 0 Å². The number of hydrogen-bond acceptors (Lipinski definition) is 2. The molecule has 0 saturated heterocycles. The van der Waals surface area contributed by atoms with Gasteiger partial charge < -0.3 is 5.32 Å². The number of benzene rings is 1. The topological polar surface area (TPSA) is 29.9 Å². The van der Waals surface area contributed by atoms with Crippen molar-refractivity contribution in [3.8, 4) is 5.69 Å². The van der Waals surface area contributed by atoms with Crippen molar-refractivity contribution in [2.45, 2.75) is 45.5 Å². The van der Waals surface area contributed by atoms with Gasteiger partial charge in [-0.05, 0) is 43.9 Å². The molecule has 1 aliphatic rings. The maximum Gasteiger partial charge on any atom is 0.433 e. The number of nitrogens with zero attached hydrogens (tertiary/aromatic N) is 2. The van der Waals surface area contributed by atoms with Crippen LogP contribution >= 0.6 is 0 Å². The lowest BCUT2D eigenvalue weighted by molar-refractivity contribution is -0.143. The summed E-state index contributed by atoms with van der Waals surface area (Å²) in [7, 11) is 0. The van der Waals surface area contributed by atoms with E-state index in [1.807, 2.05) is 19.9 Å². The zero-order valence-electron chi connectivity index (χ0n) is 12.5. The van der Waals surface area contributed by atoms with Gasteiger partial charge in [-0.15, -0.1) is 0 Å². The molecule has 1 aromatic heterocycles. The van der Waals surface area contributed by atoms with E-state index in [4.69, 9.17) is 0 Å². The van der Waals surface area contributed by atoms with Crippen LogP contribution in [0.15, 0.2) is 24.4 Å². The standard InChI is InChI=1S/C16H18F3N3/c1-10-4-3-5-14(11(10)2)22-15(16(17,18)19)12(9-21-22)8-20-13-6-7-13/h3-5,9,13,20H,6-8H2,1-2H3. The first kappa shape index (κ1) is 15.1. The fraction of sp³-hybridized carbons (Fsp3) is 0.438. The molecule has 3 rings (SSSR count). The van der Waals surface area contributed by atoms with Crippen LogP contribution in [-0.2, 0) is 12.7 Å². The number of aryl methyl sites for hydroxylation is 1. The second-order valence-electron chi connectivity index (χ2n) is 5.80. The van der Waals surface area contributed by atoms with E-state index in [-0.39, 0.29) is 12.1 Å². The average molecular weight is 309 g/mol. The molecule has 22 heavy (non-hydrogen) atoms. The summed E-state index contributed by atoms with van der Waals surface area (Å²) in [4.78, 5) is 0. The second kappa shape index (κ2) is 5.43. The van der Waals surface area contributed by atoms with Gasteiger partial charge in [-0.1, -0.05) is 12.1 Å². The zero-order valence-corrected chi connectivity index (χ0v) is 12.5. The second-order valence-corrected chi connectivity index (χ2v) is 5.80. The van der Waals surface area contributed by atoms with Crippen LogP contribution < -0.4 is 5.32 Å². The summed E-state index contributed by atoms with van der Waals surface area (Å²) in [5.74, 6) is 0. The van der Waals surface area contributed by atoms with Crippen molar-refractivity contribution in [2.24, 2.45) is 0 Å². The number of rotatable bonds is 4. The molecule has 0 amide bonds. The van der Waals surface area contributed by atoms with E-state index >= 15 is 0 Å². The minimum atomic E-state index is -4.44. The first-order valence-corrected chi connectivity index (χ1v) is 7.32. The van der Waals surface area contributed by atoms with Crippen molar-refractivity contribution in [1.29, 1.82) is 0 Å². The third-order valence-corrected chi connectivity index (χ3v) is 4.08. The molecule has 0 radical (unpaired) electrons. The molecule has 0 bridgehead atoms. The Balaban J connectivity index is 2.04. The number of alkyl halides is 3. The van der Waals surface area contributed by atoms with Crippen LogP contribution in [0.4, 0.5) is 13.2 Å². The van der Waals surface area contributed by atoms with Gasteiger partial charge >= 0.3 is 6.18 Å². The molecule has 0 atom stereocenters. The van der Waals surface area contributed by atoms with E-state index in [1.54, 1.807) is 12.1 Å². The van der Waals surface area contributed by atoms with Crippen LogP contribution in [0.25, 0.3) is 5.69 Å². The number of halogens is 3. The van der Waals surface area contributed by atoms with Gasteiger partial charge in [0.2, 0.25) is 0 Å². The number of nitrogens with one attached hydrogen (secondary N) is 1. The van der Waals surface area contributed by atoms with Crippen LogP contribution in [0.3, 0.4) is 0 Å². The Labute approximate surface area is 127 Å². The van der Waals surface area contributed by atoms with Gasteiger partial charge in [0.1, 0.15) is 0 Å². The van der Waals surface area contributed by atoms with Crippen LogP contribution in [0.5, 0.6) is 0 Å². The normalized spacial score (nSPS) is 15.3. The first-order valence-electron chi connectivity index (χ1n) is 7.32. The summed E-state index contributed by atoms with van der Waals surface area (Å²) in [6.07, 6.45) is -1.05. The Morgan fingerprint density at radius 1 is 1.27 bits per heavy atom. The molecular weight excluding hydrogens is 291 g/mol. The average Bonchev–Trinajstić information content (AvgIpc) is 3.17. The molecule has 1 heterocycles. The van der Waals surface area contributed by atoms with E-state index in [9.17, 15) is 13.2 Å². The first-order chi connectivity index (χ1) is 10.4. The van der Waals surface area contributed by atoms with E-state index in [2.05, 4.69) is 10.4 Å². The Bertz CT molecular complexity index is 684. The molecule has 1 aromatic carbocycles. The van der Waals surface area contributed by atoms with Crippen molar-refractivity contribution < 1.29 is 13.2 Å². The van der Waals surface area contributed by atoms with Crippen molar-refractivity contribution in [1.82, 2.24) is 15.1 Å². The van der Waals surface area contributed by atoms with Gasteiger partial charge in [-0.25, -0.2) is 4.68 Å². The highest BCUT2D eigenvalue weighted by Crippen LogP contribution is 2.35. The maximum atomic E-state index is 13.5. The Morgan fingerprint density at radius 2 is 2.00 bits per heavy atom. The molecule has 0 unspecified atom stereocenters. The predicted octanol–water partition coefficient (Wildman–Crippen LogP) is 3.76. The third-order valence-electron chi connectivity index (χ3n) is 4.08. The lowest BCUT2D eigenvalue weighted by Gasteiger charge is -2.15. The van der Waals surface area contributed by atoms with Gasteiger partial charge in [0.15, 0.2) is 5.69 Å². The molecule has 0 spiro atoms. The molecule has 118 valence electrons. The lowest BCUT2D eigenvalue weighted by Crippen LogP contribution is -2.21. The Kier molecular flexibility index (Phi) is 3.72. The zero-order chi connectivity index (χ0) is 15.9. The molecule has 0 aliphatic heterocycles. The molecule has 2 aromatic rings. The van der Waals surface area contributed by atoms with Crippen LogP contribution in [0.1, 0.15) is 35.2 Å². The molecule has 1 saturated carbocycles. The smallest absolute Gasteiger partial charge is 0.310 e. The van der Waals surface area contributed by atoms with Crippen LogP contribution in [0, 0.1) is 13.8 Å². The minimum absolute atomic E-state index is 0.195. The maximum absolute atomic E-state index is 13.5. The molecule has 6 heteroatoms. The molecule has 1 aliphatic carbocycles. The number of hydrogen-bond donors (Lipinski definition) is 1. The van der Waals surface area contributed by atoms with E-state index in [1.165, 1.54) is 6.20 Å². The monoisotopic (exact) mass is 309 g/mol. The summed E-state index contributed by atoms with van der Waals surface area (Å²) >= 11 is 0. The highest BCUT2D eigenvalue weighted by molar-refractivity contribution is 5.46. The van der Waals surface area contributed by atoms with E-state index < -0.39 is 11.9 Å². The Morgan fingerprint density at radius 3 is 2.64 bits per heavy atom. The third kappa shape index (κ3) is 2.88. The summed E-state index contributed by atoms with van der Waals surface area (Å²) in [5, 5.41) is 7.13. The largest absolute Gasteiger partial charge is 0.433 e. The van der Waals surface area contributed by atoms with Gasteiger partial charge in [-0.3, -0.25) is 0 Å². The molecule has 1 N–H and O–H groups in total. The van der Waals surface area contributed by atoms with Crippen LogP contribution in [0.2, 0.25) is 0 Å². The van der Waals surface area contributed by atoms with Crippen molar-refractivity contribution >= 4 is 0 Å². The minimum Gasteiger partial charge on any atom is -0.310 e. The van der Waals surface area contributed by atoms with Gasteiger partial charge in [0.05, 0.1) is 11.9 Å². The summed E-state index contributed by atoms with van der Waals surface area (Å²) in [5.41, 5.74) is 1.73. The summed E-state index contributed by atoms with van der Waals surface area (Å²) in [6, 6.07) is 5.65. The fourth-order valence-electron chi connectivity index (χ4n) is 2.50. The quantitative estimate of drug-likeness (QED) is 0.932. The number of aromatic nitrogens is 2. The molecular formula is C16H18F3N3. The van der Waals surface area contributed by atoms with Crippen molar-refractivity contribution in [2.75, 3.05) is 0 Å². The van der Waals surface area contributed by atoms with E-state index in [0.29, 0.717) is 11.7 Å². The highest BCUT2D eigenvalue weighted by Gasteiger charge is 2.39. The van der Waals surface area contributed by atoms with Crippen LogP contribution in [-0.4, -0.2) is 15.8 Å². The lowest BCUT2D eigenvalue weighted by atomic mass is 10.1. The van der Waals surface area contributed by atoms with E-state index in [0.717, 1.165) is 28.7 Å². The van der Waals surface area contributed by atoms with Gasteiger partial charge in [-0.2, -0.15) is 18.3 Å².